The molecule has 0 bridgehead atoms. The number of halogens is 1. The van der Waals surface area contributed by atoms with Crippen LogP contribution >= 0.6 is 15.9 Å². The van der Waals surface area contributed by atoms with Crippen LogP contribution in [0.25, 0.3) is 21.5 Å². The van der Waals surface area contributed by atoms with E-state index in [2.05, 4.69) is 26.5 Å². The van der Waals surface area contributed by atoms with E-state index >= 15 is 0 Å². The van der Waals surface area contributed by atoms with Gasteiger partial charge in [-0.25, -0.2) is 5.43 Å². The summed E-state index contributed by atoms with van der Waals surface area (Å²) in [7, 11) is 0. The van der Waals surface area contributed by atoms with Crippen molar-refractivity contribution in [2.75, 3.05) is 0 Å². The zero-order valence-corrected chi connectivity index (χ0v) is 20.5. The molecule has 5 heteroatoms. The Morgan fingerprint density at radius 2 is 1.54 bits per heavy atom. The number of carbonyl (C=O) groups is 1. The lowest BCUT2D eigenvalue weighted by Gasteiger charge is -2.12. The number of rotatable bonds is 7. The van der Waals surface area contributed by atoms with Crippen molar-refractivity contribution in [2.24, 2.45) is 5.10 Å². The Morgan fingerprint density at radius 1 is 0.829 bits per heavy atom. The highest BCUT2D eigenvalue weighted by molar-refractivity contribution is 9.10. The third-order valence-corrected chi connectivity index (χ3v) is 6.32. The van der Waals surface area contributed by atoms with Gasteiger partial charge in [-0.2, -0.15) is 5.10 Å². The first-order chi connectivity index (χ1) is 17.2. The smallest absolute Gasteiger partial charge is 0.244 e. The molecule has 0 atom stereocenters. The molecule has 1 amide bonds. The molecule has 0 aromatic heterocycles. The summed E-state index contributed by atoms with van der Waals surface area (Å²) in [6, 6.07) is 34.1. The van der Waals surface area contributed by atoms with E-state index in [-0.39, 0.29) is 12.3 Å². The maximum Gasteiger partial charge on any atom is 0.244 e. The number of hydrogen-bond donors (Lipinski definition) is 1. The first kappa shape index (κ1) is 22.8. The lowest BCUT2D eigenvalue weighted by molar-refractivity contribution is -0.120. The van der Waals surface area contributed by atoms with Gasteiger partial charge < -0.3 is 4.74 Å². The Balaban J connectivity index is 1.35. The lowest BCUT2D eigenvalue weighted by Crippen LogP contribution is -2.20. The molecule has 0 aliphatic heterocycles. The van der Waals surface area contributed by atoms with Gasteiger partial charge in [0.15, 0.2) is 0 Å². The van der Waals surface area contributed by atoms with Crippen LogP contribution in [0.5, 0.6) is 5.75 Å². The number of nitrogens with zero attached hydrogens (tertiary/aromatic N) is 1. The van der Waals surface area contributed by atoms with Crippen molar-refractivity contribution in [1.82, 2.24) is 5.43 Å². The van der Waals surface area contributed by atoms with E-state index in [1.54, 1.807) is 6.21 Å². The molecular weight excluding hydrogens is 500 g/mol. The van der Waals surface area contributed by atoms with E-state index in [9.17, 15) is 4.79 Å². The van der Waals surface area contributed by atoms with Crippen LogP contribution in [-0.2, 0) is 17.8 Å². The lowest BCUT2D eigenvalue weighted by atomic mass is 10.0. The summed E-state index contributed by atoms with van der Waals surface area (Å²) in [5.74, 6) is 0.533. The predicted molar refractivity (Wildman–Crippen MR) is 146 cm³/mol. The fourth-order valence-corrected chi connectivity index (χ4v) is 4.60. The molecule has 0 unspecified atom stereocenters. The molecule has 4 nitrogen and oxygen atoms in total. The predicted octanol–water partition coefficient (Wildman–Crippen LogP) is 7.03. The van der Waals surface area contributed by atoms with Gasteiger partial charge in [0.25, 0.3) is 0 Å². The van der Waals surface area contributed by atoms with Crippen LogP contribution in [0.2, 0.25) is 0 Å². The molecule has 0 saturated heterocycles. The minimum atomic E-state index is -0.172. The zero-order chi connectivity index (χ0) is 24.0. The Hall–Kier alpha value is -3.96. The fraction of sp³-hybridized carbons (Fsp3) is 0.0667. The third kappa shape index (κ3) is 5.42. The topological polar surface area (TPSA) is 50.7 Å². The summed E-state index contributed by atoms with van der Waals surface area (Å²) < 4.78 is 7.17. The van der Waals surface area contributed by atoms with E-state index in [4.69, 9.17) is 4.74 Å². The number of fused-ring (bicyclic) bond motifs is 2. The summed E-state index contributed by atoms with van der Waals surface area (Å²) in [4.78, 5) is 12.7. The van der Waals surface area contributed by atoms with Crippen molar-refractivity contribution in [3.8, 4) is 5.75 Å². The van der Waals surface area contributed by atoms with Crippen molar-refractivity contribution < 1.29 is 9.53 Å². The standard InChI is InChI=1S/C30H23BrN2O2/c31-25-12-5-7-21(17-25)20-35-29-16-15-23-9-2-4-14-27(23)28(29)19-32-33-30(34)18-24-11-6-10-22-8-1-3-13-26(22)24/h1-17,19H,18,20H2,(H,33,34)/b32-19-. The molecule has 0 spiro atoms. The summed E-state index contributed by atoms with van der Waals surface area (Å²) in [6.07, 6.45) is 1.92. The van der Waals surface area contributed by atoms with E-state index in [1.165, 1.54) is 0 Å². The number of amides is 1. The normalized spacial score (nSPS) is 11.2. The fourth-order valence-electron chi connectivity index (χ4n) is 4.15. The summed E-state index contributed by atoms with van der Waals surface area (Å²) in [6.45, 7) is 0.423. The van der Waals surface area contributed by atoms with Gasteiger partial charge in [-0.1, -0.05) is 101 Å². The molecule has 0 aliphatic carbocycles. The summed E-state index contributed by atoms with van der Waals surface area (Å²) >= 11 is 3.50. The van der Waals surface area contributed by atoms with Gasteiger partial charge in [0.2, 0.25) is 5.91 Å². The zero-order valence-electron chi connectivity index (χ0n) is 18.9. The minimum Gasteiger partial charge on any atom is -0.488 e. The van der Waals surface area contributed by atoms with Crippen molar-refractivity contribution in [2.45, 2.75) is 13.0 Å². The van der Waals surface area contributed by atoms with Gasteiger partial charge in [0, 0.05) is 10.0 Å². The SMILES string of the molecule is O=C(Cc1cccc2ccccc12)N/N=C\c1c(OCc2cccc(Br)c2)ccc2ccccc12. The number of carbonyl (C=O) groups excluding carboxylic acids is 1. The van der Waals surface area contributed by atoms with Crippen LogP contribution in [0.3, 0.4) is 0 Å². The molecule has 0 saturated carbocycles. The van der Waals surface area contributed by atoms with Gasteiger partial charge in [-0.3, -0.25) is 4.79 Å². The Bertz CT molecular complexity index is 1540. The van der Waals surface area contributed by atoms with Crippen LogP contribution < -0.4 is 10.2 Å². The molecule has 1 N–H and O–H groups in total. The largest absolute Gasteiger partial charge is 0.488 e. The van der Waals surface area contributed by atoms with Crippen LogP contribution in [-0.4, -0.2) is 12.1 Å². The number of hydrogen-bond acceptors (Lipinski definition) is 3. The van der Waals surface area contributed by atoms with Gasteiger partial charge in [0.05, 0.1) is 12.6 Å². The first-order valence-corrected chi connectivity index (χ1v) is 12.1. The number of ether oxygens (including phenoxy) is 1. The highest BCUT2D eigenvalue weighted by Gasteiger charge is 2.09. The molecule has 0 radical (unpaired) electrons. The number of hydrazone groups is 1. The maximum atomic E-state index is 12.7. The monoisotopic (exact) mass is 522 g/mol. The highest BCUT2D eigenvalue weighted by atomic mass is 79.9. The molecular formula is C30H23BrN2O2. The van der Waals surface area contributed by atoms with E-state index < -0.39 is 0 Å². The minimum absolute atomic E-state index is 0.172. The average Bonchev–Trinajstić information content (AvgIpc) is 2.88. The molecule has 5 rings (SSSR count). The Kier molecular flexibility index (Phi) is 6.87. The Morgan fingerprint density at radius 3 is 2.37 bits per heavy atom. The van der Waals surface area contributed by atoms with Crippen LogP contribution in [0.15, 0.2) is 113 Å². The molecule has 172 valence electrons. The van der Waals surface area contributed by atoms with Crippen LogP contribution in [0.1, 0.15) is 16.7 Å². The number of nitrogens with one attached hydrogen (secondary N) is 1. The van der Waals surface area contributed by atoms with Crippen molar-refractivity contribution >= 4 is 49.6 Å². The second-order valence-electron chi connectivity index (χ2n) is 8.23. The first-order valence-electron chi connectivity index (χ1n) is 11.3. The van der Waals surface area contributed by atoms with Gasteiger partial charge >= 0.3 is 0 Å². The molecule has 5 aromatic carbocycles. The molecule has 0 aliphatic rings. The second-order valence-corrected chi connectivity index (χ2v) is 9.14. The average molecular weight is 523 g/mol. The van der Waals surface area contributed by atoms with Gasteiger partial charge in [0.1, 0.15) is 12.4 Å². The Labute approximate surface area is 212 Å². The second kappa shape index (κ2) is 10.5. The third-order valence-electron chi connectivity index (χ3n) is 5.83. The van der Waals surface area contributed by atoms with Gasteiger partial charge in [-0.15, -0.1) is 0 Å². The van der Waals surface area contributed by atoms with Crippen molar-refractivity contribution in [3.05, 3.63) is 124 Å². The van der Waals surface area contributed by atoms with E-state index in [0.717, 1.165) is 42.7 Å². The van der Waals surface area contributed by atoms with Crippen molar-refractivity contribution in [1.29, 1.82) is 0 Å². The van der Waals surface area contributed by atoms with Gasteiger partial charge in [-0.05, 0) is 50.9 Å². The number of benzene rings is 5. The summed E-state index contributed by atoms with van der Waals surface area (Å²) in [5, 5.41) is 8.56. The van der Waals surface area contributed by atoms with Crippen molar-refractivity contribution in [3.63, 3.8) is 0 Å². The van der Waals surface area contributed by atoms with Crippen LogP contribution in [0.4, 0.5) is 0 Å². The van der Waals surface area contributed by atoms with E-state index in [0.29, 0.717) is 12.4 Å². The summed E-state index contributed by atoms with van der Waals surface area (Å²) in [5.41, 5.74) is 5.53. The molecule has 0 heterocycles. The quantitative estimate of drug-likeness (QED) is 0.184. The van der Waals surface area contributed by atoms with Crippen LogP contribution in [0, 0.1) is 0 Å². The molecule has 5 aromatic rings. The molecule has 35 heavy (non-hydrogen) atoms. The van der Waals surface area contributed by atoms with E-state index in [1.807, 2.05) is 103 Å². The highest BCUT2D eigenvalue weighted by Crippen LogP contribution is 2.28. The maximum absolute atomic E-state index is 12.7. The molecule has 0 fully saturated rings.